The zero-order valence-corrected chi connectivity index (χ0v) is 21.5. The van der Waals surface area contributed by atoms with Crippen molar-refractivity contribution in [3.8, 4) is 0 Å². The van der Waals surface area contributed by atoms with Gasteiger partial charge in [-0.15, -0.1) is 0 Å². The molecule has 0 radical (unpaired) electrons. The standard InChI is InChI=1S/C28H38O8/c1-18(13-24-25(34-19(2)29)15-26-27(35-24)17-33-28(3,4)36-26)21(30)14-23-22(11-8-12-31-23)32-16-20-9-6-5-7-10-20/h5-7,9-10,22-27H,1,8,11-17H2,2-4H3/t22-,23+,24-,25+,26-,27+/m0/s1. The summed E-state index contributed by atoms with van der Waals surface area (Å²) in [4.78, 5) is 24.9. The van der Waals surface area contributed by atoms with Crippen LogP contribution in [0.5, 0.6) is 0 Å². The van der Waals surface area contributed by atoms with E-state index in [2.05, 4.69) is 6.58 Å². The molecule has 3 saturated heterocycles. The highest BCUT2D eigenvalue weighted by Crippen LogP contribution is 2.35. The number of esters is 1. The van der Waals surface area contributed by atoms with Gasteiger partial charge in [-0.05, 0) is 37.8 Å². The van der Waals surface area contributed by atoms with Crippen LogP contribution in [0.3, 0.4) is 0 Å². The first-order valence-electron chi connectivity index (χ1n) is 12.8. The molecule has 198 valence electrons. The largest absolute Gasteiger partial charge is 0.460 e. The molecule has 3 fully saturated rings. The lowest BCUT2D eigenvalue weighted by atomic mass is 9.90. The summed E-state index contributed by atoms with van der Waals surface area (Å²) >= 11 is 0. The average molecular weight is 503 g/mol. The minimum Gasteiger partial charge on any atom is -0.460 e. The van der Waals surface area contributed by atoms with Crippen molar-refractivity contribution < 1.29 is 38.0 Å². The van der Waals surface area contributed by atoms with E-state index < -0.39 is 24.0 Å². The number of carbonyl (C=O) groups excluding carboxylic acids is 2. The molecule has 3 aliphatic heterocycles. The zero-order valence-electron chi connectivity index (χ0n) is 21.5. The predicted octanol–water partition coefficient (Wildman–Crippen LogP) is 3.90. The van der Waals surface area contributed by atoms with Gasteiger partial charge in [0.15, 0.2) is 11.6 Å². The summed E-state index contributed by atoms with van der Waals surface area (Å²) in [5.74, 6) is -1.22. The highest BCUT2D eigenvalue weighted by molar-refractivity contribution is 5.95. The summed E-state index contributed by atoms with van der Waals surface area (Å²) in [5.41, 5.74) is 1.51. The molecule has 0 N–H and O–H groups in total. The number of hydrogen-bond acceptors (Lipinski definition) is 8. The topological polar surface area (TPSA) is 89.5 Å². The molecule has 0 unspecified atom stereocenters. The molecule has 1 aromatic rings. The average Bonchev–Trinajstić information content (AvgIpc) is 2.84. The molecule has 0 aliphatic carbocycles. The van der Waals surface area contributed by atoms with E-state index in [0.717, 1.165) is 18.4 Å². The number of ether oxygens (including phenoxy) is 6. The molecule has 0 amide bonds. The molecule has 1 aromatic carbocycles. The minimum atomic E-state index is -0.725. The van der Waals surface area contributed by atoms with Crippen LogP contribution in [0, 0.1) is 0 Å². The van der Waals surface area contributed by atoms with E-state index in [1.54, 1.807) is 0 Å². The van der Waals surface area contributed by atoms with Crippen LogP contribution >= 0.6 is 0 Å². The molecule has 8 nitrogen and oxygen atoms in total. The van der Waals surface area contributed by atoms with Crippen molar-refractivity contribution >= 4 is 11.8 Å². The van der Waals surface area contributed by atoms with Crippen LogP contribution in [0.4, 0.5) is 0 Å². The summed E-state index contributed by atoms with van der Waals surface area (Å²) in [6.07, 6.45) is 0.599. The molecule has 0 saturated carbocycles. The summed E-state index contributed by atoms with van der Waals surface area (Å²) in [7, 11) is 0. The van der Waals surface area contributed by atoms with Crippen LogP contribution in [0.1, 0.15) is 58.4 Å². The number of benzene rings is 1. The maximum Gasteiger partial charge on any atom is 0.302 e. The molecule has 8 heteroatoms. The fourth-order valence-electron chi connectivity index (χ4n) is 5.06. The van der Waals surface area contributed by atoms with Gasteiger partial charge in [0.25, 0.3) is 0 Å². The van der Waals surface area contributed by atoms with Gasteiger partial charge in [0.2, 0.25) is 0 Å². The van der Waals surface area contributed by atoms with E-state index in [-0.39, 0.29) is 43.0 Å². The van der Waals surface area contributed by atoms with Crippen molar-refractivity contribution in [3.05, 3.63) is 48.0 Å². The molecule has 3 heterocycles. The fourth-order valence-corrected chi connectivity index (χ4v) is 5.06. The zero-order chi connectivity index (χ0) is 25.7. The first-order chi connectivity index (χ1) is 17.2. The lowest BCUT2D eigenvalue weighted by molar-refractivity contribution is -0.336. The number of carbonyl (C=O) groups is 2. The van der Waals surface area contributed by atoms with Crippen LogP contribution < -0.4 is 0 Å². The van der Waals surface area contributed by atoms with E-state index in [9.17, 15) is 9.59 Å². The van der Waals surface area contributed by atoms with Crippen molar-refractivity contribution in [3.63, 3.8) is 0 Å². The van der Waals surface area contributed by atoms with Gasteiger partial charge in [0.05, 0.1) is 37.6 Å². The van der Waals surface area contributed by atoms with Crippen LogP contribution in [-0.2, 0) is 44.6 Å². The Morgan fingerprint density at radius 1 is 1.08 bits per heavy atom. The molecule has 0 bridgehead atoms. The summed E-state index contributed by atoms with van der Waals surface area (Å²) in [6.45, 7) is 10.6. The third kappa shape index (κ3) is 7.23. The van der Waals surface area contributed by atoms with E-state index in [4.69, 9.17) is 28.4 Å². The van der Waals surface area contributed by atoms with E-state index in [0.29, 0.717) is 31.8 Å². The first-order valence-corrected chi connectivity index (χ1v) is 12.8. The Morgan fingerprint density at radius 3 is 2.61 bits per heavy atom. The van der Waals surface area contributed by atoms with Crippen molar-refractivity contribution in [2.45, 2.75) is 102 Å². The normalized spacial score (nSPS) is 31.8. The Bertz CT molecular complexity index is 913. The van der Waals surface area contributed by atoms with Gasteiger partial charge in [0.1, 0.15) is 12.2 Å². The van der Waals surface area contributed by atoms with Gasteiger partial charge in [0, 0.05) is 32.8 Å². The van der Waals surface area contributed by atoms with Crippen molar-refractivity contribution in [2.24, 2.45) is 0 Å². The monoisotopic (exact) mass is 502 g/mol. The minimum absolute atomic E-state index is 0.0974. The van der Waals surface area contributed by atoms with Crippen molar-refractivity contribution in [2.75, 3.05) is 13.2 Å². The molecule has 0 spiro atoms. The van der Waals surface area contributed by atoms with Gasteiger partial charge in [-0.2, -0.15) is 0 Å². The summed E-state index contributed by atoms with van der Waals surface area (Å²) in [6, 6.07) is 9.96. The smallest absolute Gasteiger partial charge is 0.302 e. The Hall–Kier alpha value is -2.10. The van der Waals surface area contributed by atoms with Gasteiger partial charge in [-0.25, -0.2) is 0 Å². The number of hydrogen-bond donors (Lipinski definition) is 0. The third-order valence-electron chi connectivity index (χ3n) is 6.91. The number of fused-ring (bicyclic) bond motifs is 1. The Balaban J connectivity index is 1.34. The van der Waals surface area contributed by atoms with Crippen LogP contribution in [-0.4, -0.2) is 67.4 Å². The van der Waals surface area contributed by atoms with E-state index in [1.807, 2.05) is 44.2 Å². The maximum atomic E-state index is 13.2. The molecule has 6 atom stereocenters. The van der Waals surface area contributed by atoms with Crippen molar-refractivity contribution in [1.82, 2.24) is 0 Å². The Morgan fingerprint density at radius 2 is 1.86 bits per heavy atom. The molecular weight excluding hydrogens is 464 g/mol. The van der Waals surface area contributed by atoms with Gasteiger partial charge < -0.3 is 28.4 Å². The Labute approximate surface area is 213 Å². The summed E-state index contributed by atoms with van der Waals surface area (Å²) < 4.78 is 35.6. The second kappa shape index (κ2) is 12.0. The Kier molecular flexibility index (Phi) is 8.96. The lowest BCUT2D eigenvalue weighted by Crippen LogP contribution is -2.57. The molecule has 0 aromatic heterocycles. The van der Waals surface area contributed by atoms with Crippen LogP contribution in [0.25, 0.3) is 0 Å². The van der Waals surface area contributed by atoms with E-state index >= 15 is 0 Å². The number of ketones is 1. The lowest BCUT2D eigenvalue weighted by Gasteiger charge is -2.47. The molecule has 4 rings (SSSR count). The SMILES string of the molecule is C=C(C[C@@H]1O[C@@H]2COC(C)(C)O[C@H]2C[C@H]1OC(C)=O)C(=O)C[C@H]1OCCC[C@@H]1OCc1ccccc1. The molecular formula is C28H38O8. The predicted molar refractivity (Wildman–Crippen MR) is 131 cm³/mol. The number of Topliss-reactive ketones (excluding diaryl/α,β-unsaturated/α-hetero) is 1. The second-order valence-electron chi connectivity index (χ2n) is 10.3. The van der Waals surface area contributed by atoms with Gasteiger partial charge >= 0.3 is 5.97 Å². The first kappa shape index (κ1) is 26.9. The quantitative estimate of drug-likeness (QED) is 0.371. The third-order valence-corrected chi connectivity index (χ3v) is 6.91. The molecule has 36 heavy (non-hydrogen) atoms. The highest BCUT2D eigenvalue weighted by atomic mass is 16.7. The summed E-state index contributed by atoms with van der Waals surface area (Å²) in [5, 5.41) is 0. The highest BCUT2D eigenvalue weighted by Gasteiger charge is 2.46. The van der Waals surface area contributed by atoms with Crippen LogP contribution in [0.2, 0.25) is 0 Å². The van der Waals surface area contributed by atoms with Crippen LogP contribution in [0.15, 0.2) is 42.5 Å². The molecule has 3 aliphatic rings. The maximum absolute atomic E-state index is 13.2. The van der Waals surface area contributed by atoms with Gasteiger partial charge in [-0.1, -0.05) is 36.9 Å². The van der Waals surface area contributed by atoms with Crippen molar-refractivity contribution in [1.29, 1.82) is 0 Å². The number of rotatable bonds is 9. The van der Waals surface area contributed by atoms with Gasteiger partial charge in [-0.3, -0.25) is 9.59 Å². The fraction of sp³-hybridized carbons (Fsp3) is 0.643. The van der Waals surface area contributed by atoms with E-state index in [1.165, 1.54) is 6.92 Å². The second-order valence-corrected chi connectivity index (χ2v) is 10.3.